The molecule has 2 aromatic rings. The van der Waals surface area contributed by atoms with E-state index in [1.54, 1.807) is 0 Å². The lowest BCUT2D eigenvalue weighted by Crippen LogP contribution is -2.45. The third-order valence-electron chi connectivity index (χ3n) is 6.86. The third-order valence-corrected chi connectivity index (χ3v) is 6.86. The van der Waals surface area contributed by atoms with E-state index in [1.165, 1.54) is 60.3 Å². The van der Waals surface area contributed by atoms with Gasteiger partial charge in [-0.3, -0.25) is 9.69 Å². The molecule has 0 radical (unpaired) electrons. The number of hydrogen-bond donors (Lipinski definition) is 1. The Hall–Kier alpha value is -1.91. The summed E-state index contributed by atoms with van der Waals surface area (Å²) in [5.74, 6) is 0. The van der Waals surface area contributed by atoms with Gasteiger partial charge in [0, 0.05) is 50.3 Å². The lowest BCUT2D eigenvalue weighted by Gasteiger charge is -2.34. The van der Waals surface area contributed by atoms with E-state index < -0.39 is 0 Å². The monoisotopic (exact) mass is 377 g/mol. The molecule has 1 aromatic heterocycles. The van der Waals surface area contributed by atoms with E-state index in [2.05, 4.69) is 39.9 Å². The maximum absolute atomic E-state index is 12.6. The zero-order valence-corrected chi connectivity index (χ0v) is 17.0. The Kier molecular flexibility index (Phi) is 4.85. The topological polar surface area (TPSA) is 39.3 Å². The van der Waals surface area contributed by atoms with E-state index >= 15 is 0 Å². The summed E-state index contributed by atoms with van der Waals surface area (Å²) in [6.45, 7) is 9.25. The molecule has 0 unspecified atom stereocenters. The molecule has 2 heterocycles. The fourth-order valence-electron chi connectivity index (χ4n) is 5.40. The smallest absolute Gasteiger partial charge is 0.251 e. The summed E-state index contributed by atoms with van der Waals surface area (Å²) in [5, 5.41) is 0. The molecular weight excluding hydrogens is 346 g/mol. The van der Waals surface area contributed by atoms with Crippen molar-refractivity contribution in [2.24, 2.45) is 0 Å². The first kappa shape index (κ1) is 18.1. The highest BCUT2D eigenvalue weighted by atomic mass is 16.1. The summed E-state index contributed by atoms with van der Waals surface area (Å²) in [5.41, 5.74) is 9.11. The number of fused-ring (bicyclic) bond motifs is 5. The van der Waals surface area contributed by atoms with Crippen LogP contribution in [-0.2, 0) is 25.8 Å². The van der Waals surface area contributed by atoms with Gasteiger partial charge < -0.3 is 9.88 Å². The van der Waals surface area contributed by atoms with Crippen molar-refractivity contribution in [3.63, 3.8) is 0 Å². The molecule has 0 bridgehead atoms. The van der Waals surface area contributed by atoms with Crippen molar-refractivity contribution in [2.75, 3.05) is 32.7 Å². The molecule has 5 rings (SSSR count). The number of aromatic amines is 1. The molecule has 2 aliphatic carbocycles. The van der Waals surface area contributed by atoms with Gasteiger partial charge >= 0.3 is 0 Å². The highest BCUT2D eigenvalue weighted by molar-refractivity contribution is 5.75. The molecule has 28 heavy (non-hydrogen) atoms. The average molecular weight is 378 g/mol. The number of benzene rings is 1. The SMILES string of the molecule is CCCN1CCN(Cc2ccc3c(c2)Cc2c-3[nH]c(=O)c3c2CCCC3)CC1. The first-order chi connectivity index (χ1) is 13.7. The van der Waals surface area contributed by atoms with E-state index in [0.717, 1.165) is 56.6 Å². The molecule has 0 saturated carbocycles. The highest BCUT2D eigenvalue weighted by Crippen LogP contribution is 2.39. The van der Waals surface area contributed by atoms with Gasteiger partial charge in [-0.2, -0.15) is 0 Å². The number of nitrogens with zero attached hydrogens (tertiary/aromatic N) is 2. The largest absolute Gasteiger partial charge is 0.321 e. The Morgan fingerprint density at radius 2 is 1.71 bits per heavy atom. The minimum Gasteiger partial charge on any atom is -0.321 e. The zero-order valence-electron chi connectivity index (χ0n) is 17.0. The van der Waals surface area contributed by atoms with Crippen molar-refractivity contribution in [3.8, 4) is 11.3 Å². The first-order valence-electron chi connectivity index (χ1n) is 11.1. The van der Waals surface area contributed by atoms with Crippen LogP contribution in [0.5, 0.6) is 0 Å². The van der Waals surface area contributed by atoms with Gasteiger partial charge in [-0.1, -0.05) is 25.1 Å². The Balaban J connectivity index is 1.35. The third kappa shape index (κ3) is 3.23. The Morgan fingerprint density at radius 3 is 2.50 bits per heavy atom. The predicted molar refractivity (Wildman–Crippen MR) is 114 cm³/mol. The summed E-state index contributed by atoms with van der Waals surface area (Å²) < 4.78 is 0. The quantitative estimate of drug-likeness (QED) is 0.758. The molecule has 0 spiro atoms. The predicted octanol–water partition coefficient (Wildman–Crippen LogP) is 3.35. The van der Waals surface area contributed by atoms with E-state index in [-0.39, 0.29) is 5.56 Å². The van der Waals surface area contributed by atoms with Crippen LogP contribution >= 0.6 is 0 Å². The molecule has 0 amide bonds. The fourth-order valence-corrected chi connectivity index (χ4v) is 5.40. The molecule has 3 aliphatic rings. The van der Waals surface area contributed by atoms with E-state index in [4.69, 9.17) is 0 Å². The van der Waals surface area contributed by atoms with E-state index in [9.17, 15) is 4.79 Å². The second-order valence-corrected chi connectivity index (χ2v) is 8.76. The lowest BCUT2D eigenvalue weighted by atomic mass is 9.88. The maximum Gasteiger partial charge on any atom is 0.251 e. The molecule has 4 nitrogen and oxygen atoms in total. The second-order valence-electron chi connectivity index (χ2n) is 8.76. The molecular formula is C24H31N3O. The van der Waals surface area contributed by atoms with Crippen LogP contribution < -0.4 is 5.56 Å². The van der Waals surface area contributed by atoms with Gasteiger partial charge in [-0.15, -0.1) is 0 Å². The summed E-state index contributed by atoms with van der Waals surface area (Å²) in [4.78, 5) is 20.9. The van der Waals surface area contributed by atoms with Gasteiger partial charge in [0.15, 0.2) is 0 Å². The number of nitrogens with one attached hydrogen (secondary N) is 1. The first-order valence-corrected chi connectivity index (χ1v) is 11.1. The van der Waals surface area contributed by atoms with Crippen LogP contribution in [0.4, 0.5) is 0 Å². The van der Waals surface area contributed by atoms with Gasteiger partial charge in [0.05, 0.1) is 5.69 Å². The van der Waals surface area contributed by atoms with Gasteiger partial charge in [0.1, 0.15) is 0 Å². The van der Waals surface area contributed by atoms with Crippen LogP contribution in [0.3, 0.4) is 0 Å². The Morgan fingerprint density at radius 1 is 0.964 bits per heavy atom. The maximum atomic E-state index is 12.6. The number of pyridine rings is 1. The summed E-state index contributed by atoms with van der Waals surface area (Å²) >= 11 is 0. The normalized spacial score (nSPS) is 19.3. The minimum absolute atomic E-state index is 0.148. The lowest BCUT2D eigenvalue weighted by molar-refractivity contribution is 0.127. The number of rotatable bonds is 4. The van der Waals surface area contributed by atoms with Crippen molar-refractivity contribution >= 4 is 0 Å². The molecule has 0 atom stereocenters. The van der Waals surface area contributed by atoms with Gasteiger partial charge in [-0.25, -0.2) is 0 Å². The van der Waals surface area contributed by atoms with Crippen LogP contribution in [0, 0.1) is 0 Å². The van der Waals surface area contributed by atoms with Crippen molar-refractivity contribution < 1.29 is 0 Å². The molecule has 1 aromatic carbocycles. The van der Waals surface area contributed by atoms with Crippen molar-refractivity contribution in [2.45, 2.75) is 52.0 Å². The van der Waals surface area contributed by atoms with Gasteiger partial charge in [-0.05, 0) is 60.9 Å². The molecule has 1 N–H and O–H groups in total. The van der Waals surface area contributed by atoms with Crippen LogP contribution in [0.15, 0.2) is 23.0 Å². The fraction of sp³-hybridized carbons (Fsp3) is 0.542. The van der Waals surface area contributed by atoms with Crippen molar-refractivity contribution in [1.29, 1.82) is 0 Å². The van der Waals surface area contributed by atoms with E-state index in [0.29, 0.717) is 0 Å². The van der Waals surface area contributed by atoms with Gasteiger partial charge in [0.2, 0.25) is 0 Å². The van der Waals surface area contributed by atoms with Crippen LogP contribution in [0.2, 0.25) is 0 Å². The highest BCUT2D eigenvalue weighted by Gasteiger charge is 2.27. The molecule has 148 valence electrons. The number of H-pyrrole nitrogens is 1. The Bertz CT molecular complexity index is 938. The zero-order chi connectivity index (χ0) is 19.1. The van der Waals surface area contributed by atoms with Crippen LogP contribution in [-0.4, -0.2) is 47.5 Å². The molecule has 4 heteroatoms. The standard InChI is InChI=1S/C24H31N3O/c1-2-9-26-10-12-27(13-11-26)16-17-7-8-19-18(14-17)15-22-20-5-3-4-6-21(20)24(28)25-23(19)22/h7-8,14H,2-6,9-13,15-16H2,1H3,(H,25,28). The van der Waals surface area contributed by atoms with Crippen molar-refractivity contribution in [1.82, 2.24) is 14.8 Å². The summed E-state index contributed by atoms with van der Waals surface area (Å²) in [7, 11) is 0. The summed E-state index contributed by atoms with van der Waals surface area (Å²) in [6, 6.07) is 6.90. The molecule has 1 fully saturated rings. The van der Waals surface area contributed by atoms with E-state index in [1.807, 2.05) is 0 Å². The second kappa shape index (κ2) is 7.49. The number of piperazine rings is 1. The van der Waals surface area contributed by atoms with Crippen molar-refractivity contribution in [3.05, 3.63) is 56.4 Å². The number of hydrogen-bond acceptors (Lipinski definition) is 3. The molecule has 1 saturated heterocycles. The Labute approximate surface area is 167 Å². The average Bonchev–Trinajstić information content (AvgIpc) is 3.08. The number of aromatic nitrogens is 1. The van der Waals surface area contributed by atoms with Crippen LogP contribution in [0.1, 0.15) is 54.0 Å². The van der Waals surface area contributed by atoms with Crippen LogP contribution in [0.25, 0.3) is 11.3 Å². The summed E-state index contributed by atoms with van der Waals surface area (Å²) in [6.07, 6.45) is 6.62. The minimum atomic E-state index is 0.148. The molecule has 1 aliphatic heterocycles. The van der Waals surface area contributed by atoms with Gasteiger partial charge in [0.25, 0.3) is 5.56 Å².